The maximum Gasteiger partial charge on any atom is 0.435 e. The molecule has 0 saturated carbocycles. The molecule has 0 spiro atoms. The lowest BCUT2D eigenvalue weighted by molar-refractivity contribution is -0.885. The van der Waals surface area contributed by atoms with Gasteiger partial charge in [-0.3, -0.25) is 14.4 Å². The molecule has 0 radical (unpaired) electrons. The zero-order chi connectivity index (χ0) is 38.7. The molecule has 2 saturated heterocycles. The first-order valence-corrected chi connectivity index (χ1v) is 16.9. The number of nitrogens with zero attached hydrogens (tertiary/aromatic N) is 8. The Bertz CT molecular complexity index is 1990. The maximum absolute atomic E-state index is 14.0. The summed E-state index contributed by atoms with van der Waals surface area (Å²) in [5.74, 6) is -0.505. The number of hydrogen-bond acceptors (Lipinski definition) is 9. The number of quaternary nitrogens is 1. The summed E-state index contributed by atoms with van der Waals surface area (Å²) >= 11 is 6.51. The normalized spacial score (nSPS) is 16.2. The molecule has 3 N–H and O–H groups in total. The third-order valence-corrected chi connectivity index (χ3v) is 9.50. The zero-order valence-electron chi connectivity index (χ0n) is 29.1. The van der Waals surface area contributed by atoms with Gasteiger partial charge in [-0.15, -0.1) is 0 Å². The number of likely N-dealkylation sites (tertiary alicyclic amines) is 1. The number of anilines is 2. The lowest BCUT2D eigenvalue weighted by atomic mass is 9.95. The number of imidazole rings is 1. The van der Waals surface area contributed by atoms with Crippen molar-refractivity contribution < 1.29 is 41.9 Å². The van der Waals surface area contributed by atoms with E-state index in [4.69, 9.17) is 27.2 Å². The third kappa shape index (κ3) is 8.94. The van der Waals surface area contributed by atoms with E-state index in [2.05, 4.69) is 34.5 Å². The van der Waals surface area contributed by atoms with E-state index in [0.29, 0.717) is 42.3 Å². The van der Waals surface area contributed by atoms with Crippen LogP contribution in [0.25, 0.3) is 17.1 Å². The first-order chi connectivity index (χ1) is 25.0. The minimum atomic E-state index is -4.81. The molecule has 0 atom stereocenters. The fourth-order valence-electron chi connectivity index (χ4n) is 6.30. The second kappa shape index (κ2) is 15.6. The van der Waals surface area contributed by atoms with Crippen LogP contribution in [0.15, 0.2) is 48.9 Å². The molecule has 0 bridgehead atoms. The number of carbonyl (C=O) groups excluding carboxylic acids is 4. The summed E-state index contributed by atoms with van der Waals surface area (Å²) in [4.78, 5) is 59.2. The highest BCUT2D eigenvalue weighted by molar-refractivity contribution is 6.34. The highest BCUT2D eigenvalue weighted by atomic mass is 35.5. The third-order valence-electron chi connectivity index (χ3n) is 9.18. The number of likely N-dealkylation sites (N-methyl/N-ethyl adjacent to an activating group) is 1. The molecular weight excluding hydrogens is 721 g/mol. The molecule has 2 fully saturated rings. The molecule has 19 heteroatoms. The quantitative estimate of drug-likeness (QED) is 0.211. The van der Waals surface area contributed by atoms with Crippen LogP contribution < -0.4 is 16.2 Å². The highest BCUT2D eigenvalue weighted by Crippen LogP contribution is 2.37. The van der Waals surface area contributed by atoms with Gasteiger partial charge in [0.05, 0.1) is 67.1 Å². The SMILES string of the molecule is Cn1c(-c2cn(-c3ccc(N)cn3)nc2C(F)(F)F)cnc1C(=O)Nc1ccc(C(=O)N2CCC(CN3CC[N+](C)(C)CC3=O)CC2)c(Cl)c1.O=C[O-]. The van der Waals surface area contributed by atoms with Crippen LogP contribution in [0.5, 0.6) is 0 Å². The molecule has 53 heavy (non-hydrogen) atoms. The molecule has 0 unspecified atom stereocenters. The Hall–Kier alpha value is -5.49. The van der Waals surface area contributed by atoms with Crippen molar-refractivity contribution in [3.63, 3.8) is 0 Å². The Labute approximate surface area is 307 Å². The predicted molar refractivity (Wildman–Crippen MR) is 185 cm³/mol. The number of pyridine rings is 1. The molecule has 5 heterocycles. The number of alkyl halides is 3. The zero-order valence-corrected chi connectivity index (χ0v) is 29.9. The Balaban J connectivity index is 0.00000175. The van der Waals surface area contributed by atoms with Crippen LogP contribution in [0, 0.1) is 5.92 Å². The van der Waals surface area contributed by atoms with Gasteiger partial charge >= 0.3 is 6.18 Å². The monoisotopic (exact) mass is 758 g/mol. The van der Waals surface area contributed by atoms with Crippen molar-refractivity contribution in [3.8, 4) is 17.1 Å². The molecule has 2 aliphatic heterocycles. The van der Waals surface area contributed by atoms with Crippen LogP contribution in [-0.4, -0.2) is 116 Å². The number of nitrogen functional groups attached to an aromatic ring is 1. The van der Waals surface area contributed by atoms with E-state index in [1.54, 1.807) is 4.90 Å². The van der Waals surface area contributed by atoms with E-state index in [-0.39, 0.29) is 51.0 Å². The van der Waals surface area contributed by atoms with E-state index in [0.717, 1.165) is 43.0 Å². The fourth-order valence-corrected chi connectivity index (χ4v) is 6.56. The minimum absolute atomic E-state index is 0.00218. The topological polar surface area (TPSA) is 184 Å². The van der Waals surface area contributed by atoms with E-state index in [9.17, 15) is 27.6 Å². The van der Waals surface area contributed by atoms with Crippen molar-refractivity contribution in [2.24, 2.45) is 13.0 Å². The van der Waals surface area contributed by atoms with Gasteiger partial charge in [0.2, 0.25) is 0 Å². The molecule has 3 amide bonds. The molecule has 0 aliphatic carbocycles. The molecule has 282 valence electrons. The van der Waals surface area contributed by atoms with Crippen molar-refractivity contribution >= 4 is 47.2 Å². The van der Waals surface area contributed by atoms with Gasteiger partial charge < -0.3 is 39.8 Å². The average Bonchev–Trinajstić information content (AvgIpc) is 3.71. The Kier molecular flexibility index (Phi) is 11.4. The summed E-state index contributed by atoms with van der Waals surface area (Å²) in [6.07, 6.45) is 0.356. The van der Waals surface area contributed by atoms with Gasteiger partial charge in [0.15, 0.2) is 23.9 Å². The summed E-state index contributed by atoms with van der Waals surface area (Å²) in [6.45, 7) is 3.42. The lowest BCUT2D eigenvalue weighted by Gasteiger charge is -2.41. The van der Waals surface area contributed by atoms with E-state index >= 15 is 0 Å². The van der Waals surface area contributed by atoms with Crippen LogP contribution in [0.4, 0.5) is 24.5 Å². The number of nitrogens with two attached hydrogens (primary N) is 1. The lowest BCUT2D eigenvalue weighted by Crippen LogP contribution is -2.58. The number of carbonyl (C=O) groups is 4. The number of piperidine rings is 1. The fraction of sp³-hybridized carbons (Fsp3) is 0.382. The first-order valence-electron chi connectivity index (χ1n) is 16.5. The van der Waals surface area contributed by atoms with Gasteiger partial charge in [0.1, 0.15) is 0 Å². The largest absolute Gasteiger partial charge is 0.554 e. The summed E-state index contributed by atoms with van der Waals surface area (Å²) in [5.41, 5.74) is 5.05. The van der Waals surface area contributed by atoms with E-state index < -0.39 is 24.2 Å². The molecule has 15 nitrogen and oxygen atoms in total. The molecular formula is C34H38ClF3N10O5. The summed E-state index contributed by atoms with van der Waals surface area (Å²) < 4.78 is 45.0. The van der Waals surface area contributed by atoms with Crippen LogP contribution in [0.2, 0.25) is 5.02 Å². The number of nitrogens with one attached hydrogen (secondary N) is 1. The second-order valence-corrected chi connectivity index (χ2v) is 13.9. The van der Waals surface area contributed by atoms with Gasteiger partial charge in [-0.25, -0.2) is 14.6 Å². The van der Waals surface area contributed by atoms with Crippen molar-refractivity contribution in [1.82, 2.24) is 34.1 Å². The highest BCUT2D eigenvalue weighted by Gasteiger charge is 2.39. The Morgan fingerprint density at radius 3 is 2.42 bits per heavy atom. The van der Waals surface area contributed by atoms with Crippen LogP contribution in [0.1, 0.15) is 39.5 Å². The number of hydrogen-bond donors (Lipinski definition) is 2. The minimum Gasteiger partial charge on any atom is -0.554 e. The number of aromatic nitrogens is 5. The molecule has 4 aromatic rings. The molecule has 3 aromatic heterocycles. The summed E-state index contributed by atoms with van der Waals surface area (Å²) in [7, 11) is 5.53. The van der Waals surface area contributed by atoms with Gasteiger partial charge in [0.25, 0.3) is 17.7 Å². The Morgan fingerprint density at radius 1 is 1.11 bits per heavy atom. The summed E-state index contributed by atoms with van der Waals surface area (Å²) in [6, 6.07) is 7.42. The number of carboxylic acid groups (broad SMARTS) is 1. The van der Waals surface area contributed by atoms with Crippen LogP contribution >= 0.6 is 11.6 Å². The molecule has 6 rings (SSSR count). The van der Waals surface area contributed by atoms with Crippen molar-refractivity contribution in [3.05, 3.63) is 71.0 Å². The standard InChI is InChI=1S/C33H36ClF3N10O3.CH2O2/c1-43-26(24-18-46(42-29(24)33(35,36)37)27-7-4-21(38)15-39-27)16-40-30(43)31(49)41-22-5-6-23(25(34)14-22)32(50)44-10-8-20(9-11-44)17-45-12-13-47(2,3)19-28(45)48;2-1-3/h4-7,14-16,18,20H,8-13,17,19,38H2,1-3H3;1H,(H,2,3). The number of piperazine rings is 1. The number of amides is 3. The first kappa shape index (κ1) is 38.7. The smallest absolute Gasteiger partial charge is 0.435 e. The van der Waals surface area contributed by atoms with Crippen LogP contribution in [0.3, 0.4) is 0 Å². The van der Waals surface area contributed by atoms with Gasteiger partial charge in [-0.1, -0.05) is 11.6 Å². The van der Waals surface area contributed by atoms with Gasteiger partial charge in [-0.2, -0.15) is 18.3 Å². The summed E-state index contributed by atoms with van der Waals surface area (Å²) in [5, 5.41) is 14.7. The van der Waals surface area contributed by atoms with Crippen molar-refractivity contribution in [2.45, 2.75) is 19.0 Å². The molecule has 1 aromatic carbocycles. The van der Waals surface area contributed by atoms with Crippen LogP contribution in [-0.2, 0) is 22.8 Å². The maximum atomic E-state index is 14.0. The van der Waals surface area contributed by atoms with Crippen molar-refractivity contribution in [2.75, 3.05) is 64.4 Å². The van der Waals surface area contributed by atoms with Gasteiger partial charge in [-0.05, 0) is 49.1 Å². The average molecular weight is 759 g/mol. The predicted octanol–water partition coefficient (Wildman–Crippen LogP) is 2.31. The van der Waals surface area contributed by atoms with E-state index in [1.165, 1.54) is 48.1 Å². The number of benzene rings is 1. The van der Waals surface area contributed by atoms with E-state index in [1.807, 2.05) is 4.90 Å². The molecule has 2 aliphatic rings. The number of rotatable bonds is 7. The Morgan fingerprint density at radius 2 is 1.81 bits per heavy atom. The second-order valence-electron chi connectivity index (χ2n) is 13.4. The van der Waals surface area contributed by atoms with Crippen molar-refractivity contribution in [1.29, 1.82) is 0 Å². The van der Waals surface area contributed by atoms with Gasteiger partial charge in [0, 0.05) is 45.0 Å². The number of halogens is 4.